The molecule has 132 valence electrons. The molecule has 2 heterocycles. The van der Waals surface area contributed by atoms with Crippen LogP contribution in [0.2, 0.25) is 0 Å². The minimum absolute atomic E-state index is 0.772. The summed E-state index contributed by atoms with van der Waals surface area (Å²) < 4.78 is 0. The average Bonchev–Trinajstić information content (AvgIpc) is 3.28. The first-order chi connectivity index (χ1) is 12.7. The molecule has 1 aliphatic heterocycles. The Bertz CT molecular complexity index is 980. The molecule has 0 fully saturated rings. The topological polar surface area (TPSA) is 12.0 Å². The Kier molecular flexibility index (Phi) is 4.46. The summed E-state index contributed by atoms with van der Waals surface area (Å²) in [6.07, 6.45) is 2.43. The number of rotatable bonds is 1. The van der Waals surface area contributed by atoms with Crippen LogP contribution in [0.15, 0.2) is 54.4 Å². The number of anilines is 1. The Balaban J connectivity index is 0.000000814. The Morgan fingerprint density at radius 1 is 1.00 bits per heavy atom. The summed E-state index contributed by atoms with van der Waals surface area (Å²) in [6.45, 7) is 10.5. The molecule has 1 N–H and O–H groups in total. The lowest BCUT2D eigenvalue weighted by Crippen LogP contribution is -2.05. The van der Waals surface area contributed by atoms with Gasteiger partial charge in [-0.3, -0.25) is 0 Å². The summed E-state index contributed by atoms with van der Waals surface area (Å²) in [5, 5.41) is 5.65. The van der Waals surface area contributed by atoms with Crippen LogP contribution >= 0.6 is 11.3 Å². The van der Waals surface area contributed by atoms with E-state index in [1.165, 1.54) is 51.1 Å². The van der Waals surface area contributed by atoms with Gasteiger partial charge in [0.2, 0.25) is 0 Å². The molecule has 0 spiro atoms. The highest BCUT2D eigenvalue weighted by molar-refractivity contribution is 7.11. The van der Waals surface area contributed by atoms with Gasteiger partial charge < -0.3 is 5.32 Å². The number of hydrogen-bond acceptors (Lipinski definition) is 2. The maximum absolute atomic E-state index is 4.18. The summed E-state index contributed by atoms with van der Waals surface area (Å²) >= 11 is 1.76. The van der Waals surface area contributed by atoms with Gasteiger partial charge in [0.05, 0.1) is 4.88 Å². The van der Waals surface area contributed by atoms with E-state index in [0.717, 1.165) is 17.3 Å². The van der Waals surface area contributed by atoms with Gasteiger partial charge in [-0.1, -0.05) is 57.7 Å². The maximum Gasteiger partial charge on any atom is 0.0578 e. The van der Waals surface area contributed by atoms with Crippen LogP contribution in [0.1, 0.15) is 36.8 Å². The molecule has 1 aromatic heterocycles. The second-order valence-corrected chi connectivity index (χ2v) is 7.91. The van der Waals surface area contributed by atoms with Gasteiger partial charge in [-0.05, 0) is 58.5 Å². The molecule has 1 unspecified atom stereocenters. The van der Waals surface area contributed by atoms with E-state index in [2.05, 4.69) is 66.7 Å². The highest BCUT2D eigenvalue weighted by Crippen LogP contribution is 2.47. The van der Waals surface area contributed by atoms with Crippen molar-refractivity contribution in [1.82, 2.24) is 0 Å². The van der Waals surface area contributed by atoms with E-state index in [9.17, 15) is 0 Å². The summed E-state index contributed by atoms with van der Waals surface area (Å²) in [7, 11) is 0. The molecule has 1 nitrogen and oxygen atoms in total. The maximum atomic E-state index is 4.18. The van der Waals surface area contributed by atoms with E-state index in [1.54, 1.807) is 11.3 Å². The smallest absolute Gasteiger partial charge is 0.0578 e. The van der Waals surface area contributed by atoms with E-state index >= 15 is 0 Å². The van der Waals surface area contributed by atoms with Crippen LogP contribution in [0.4, 0.5) is 5.69 Å². The molecule has 0 bridgehead atoms. The molecule has 26 heavy (non-hydrogen) atoms. The predicted octanol–water partition coefficient (Wildman–Crippen LogP) is 7.24. The molecule has 0 saturated heterocycles. The molecule has 0 amide bonds. The first kappa shape index (κ1) is 17.1. The quantitative estimate of drug-likeness (QED) is 0.483. The molecular weight excluding hydrogens is 334 g/mol. The zero-order valence-corrected chi connectivity index (χ0v) is 16.5. The van der Waals surface area contributed by atoms with Gasteiger partial charge in [-0.15, -0.1) is 11.3 Å². The van der Waals surface area contributed by atoms with Crippen LogP contribution < -0.4 is 5.32 Å². The largest absolute Gasteiger partial charge is 0.354 e. The highest BCUT2D eigenvalue weighted by atomic mass is 32.1. The lowest BCUT2D eigenvalue weighted by Gasteiger charge is -2.23. The van der Waals surface area contributed by atoms with Crippen LogP contribution in [0.25, 0.3) is 28.0 Å². The Morgan fingerprint density at radius 3 is 2.65 bits per heavy atom. The van der Waals surface area contributed by atoms with Crippen molar-refractivity contribution >= 4 is 22.7 Å². The van der Waals surface area contributed by atoms with E-state index in [-0.39, 0.29) is 0 Å². The zero-order valence-electron chi connectivity index (χ0n) is 15.7. The Labute approximate surface area is 160 Å². The van der Waals surface area contributed by atoms with Crippen molar-refractivity contribution in [1.29, 1.82) is 0 Å². The lowest BCUT2D eigenvalue weighted by atomic mass is 9.90. The summed E-state index contributed by atoms with van der Waals surface area (Å²) in [6, 6.07) is 15.8. The summed E-state index contributed by atoms with van der Waals surface area (Å²) in [5.41, 5.74) is 10.5. The van der Waals surface area contributed by atoms with Crippen molar-refractivity contribution in [2.45, 2.75) is 33.6 Å². The Hall–Kier alpha value is -2.32. The van der Waals surface area contributed by atoms with Crippen molar-refractivity contribution < 1.29 is 0 Å². The van der Waals surface area contributed by atoms with Gasteiger partial charge in [0.1, 0.15) is 0 Å². The minimum atomic E-state index is 0.772. The second-order valence-electron chi connectivity index (χ2n) is 6.99. The van der Waals surface area contributed by atoms with E-state index in [1.807, 2.05) is 13.8 Å². The number of fused-ring (bicyclic) bond motifs is 4. The normalized spacial score (nSPS) is 16.7. The molecule has 1 aliphatic carbocycles. The highest BCUT2D eigenvalue weighted by Gasteiger charge is 2.24. The molecule has 2 heteroatoms. The first-order valence-electron chi connectivity index (χ1n) is 9.50. The number of benzene rings is 2. The first-order valence-corrected chi connectivity index (χ1v) is 10.4. The number of nitrogens with one attached hydrogen (secondary N) is 1. The third-order valence-electron chi connectivity index (χ3n) is 5.21. The van der Waals surface area contributed by atoms with Gasteiger partial charge in [0.25, 0.3) is 0 Å². The second kappa shape index (κ2) is 6.77. The van der Waals surface area contributed by atoms with Gasteiger partial charge in [0.15, 0.2) is 0 Å². The fourth-order valence-corrected chi connectivity index (χ4v) is 4.98. The van der Waals surface area contributed by atoms with Crippen LogP contribution in [0.5, 0.6) is 0 Å². The molecule has 5 rings (SSSR count). The lowest BCUT2D eigenvalue weighted by molar-refractivity contribution is 0.628. The van der Waals surface area contributed by atoms with Crippen molar-refractivity contribution in [2.75, 3.05) is 5.32 Å². The average molecular weight is 360 g/mol. The van der Waals surface area contributed by atoms with Gasteiger partial charge >= 0.3 is 0 Å². The molecule has 2 aliphatic rings. The minimum Gasteiger partial charge on any atom is -0.354 e. The molecule has 0 saturated carbocycles. The van der Waals surface area contributed by atoms with Crippen LogP contribution in [0.3, 0.4) is 0 Å². The van der Waals surface area contributed by atoms with Crippen LogP contribution in [-0.2, 0) is 12.8 Å². The molecule has 3 aromatic rings. The third kappa shape index (κ3) is 2.69. The van der Waals surface area contributed by atoms with Gasteiger partial charge in [0, 0.05) is 22.5 Å². The monoisotopic (exact) mass is 359 g/mol. The molecular formula is C24H25NS. The van der Waals surface area contributed by atoms with Gasteiger partial charge in [-0.2, -0.15) is 0 Å². The Morgan fingerprint density at radius 2 is 1.81 bits per heavy atom. The standard InChI is InChI=1S/C22H19NS.C2H6/c1-13-10-15-6-7-16(12-17(15)11-13)18-4-3-5-20-21(18)19-8-9-24-22(19)14(2)23-20;1-2/h3-9,12-13,23H,2,10-11H2,1H3;1-2H3. The number of hydrogen-bond donors (Lipinski definition) is 1. The fourth-order valence-electron chi connectivity index (χ4n) is 4.15. The molecule has 2 aromatic carbocycles. The summed E-state index contributed by atoms with van der Waals surface area (Å²) in [4.78, 5) is 1.25. The SMILES string of the molecule is C=C1Nc2cccc(-c3ccc4c(c3)CC(C)C4)c2-c2ccsc21.CC. The molecule has 1 atom stereocenters. The van der Waals surface area contributed by atoms with Crippen molar-refractivity contribution in [2.24, 2.45) is 5.92 Å². The fraction of sp³-hybridized carbons (Fsp3) is 0.250. The summed E-state index contributed by atoms with van der Waals surface area (Å²) in [5.74, 6) is 0.772. The van der Waals surface area contributed by atoms with Crippen molar-refractivity contribution in [3.8, 4) is 22.3 Å². The van der Waals surface area contributed by atoms with E-state index in [4.69, 9.17) is 0 Å². The van der Waals surface area contributed by atoms with E-state index < -0.39 is 0 Å². The van der Waals surface area contributed by atoms with Crippen molar-refractivity contribution in [3.63, 3.8) is 0 Å². The van der Waals surface area contributed by atoms with Crippen LogP contribution in [0, 0.1) is 5.92 Å². The zero-order chi connectivity index (χ0) is 18.3. The van der Waals surface area contributed by atoms with Crippen LogP contribution in [-0.4, -0.2) is 0 Å². The predicted molar refractivity (Wildman–Crippen MR) is 116 cm³/mol. The van der Waals surface area contributed by atoms with Gasteiger partial charge in [-0.25, -0.2) is 0 Å². The molecule has 0 radical (unpaired) electrons. The van der Waals surface area contributed by atoms with Crippen molar-refractivity contribution in [3.05, 3.63) is 70.4 Å². The number of thiophene rings is 1. The van der Waals surface area contributed by atoms with E-state index in [0.29, 0.717) is 0 Å². The third-order valence-corrected chi connectivity index (χ3v) is 6.19.